The van der Waals surface area contributed by atoms with Gasteiger partial charge in [0.15, 0.2) is 6.10 Å². The lowest BCUT2D eigenvalue weighted by Crippen LogP contribution is -2.48. The number of benzene rings is 3. The minimum absolute atomic E-state index is 0.150. The van der Waals surface area contributed by atoms with Gasteiger partial charge in [-0.3, -0.25) is 9.10 Å². The van der Waals surface area contributed by atoms with E-state index in [0.29, 0.717) is 22.9 Å². The molecule has 1 N–H and O–H groups in total. The van der Waals surface area contributed by atoms with Gasteiger partial charge >= 0.3 is 0 Å². The van der Waals surface area contributed by atoms with Gasteiger partial charge < -0.3 is 14.8 Å². The topological polar surface area (TPSA) is 84.9 Å². The number of anilines is 2. The second kappa shape index (κ2) is 8.55. The molecule has 1 heterocycles. The average molecular weight is 453 g/mol. The number of hydrogen-bond acceptors (Lipinski definition) is 5. The average Bonchev–Trinajstić information content (AvgIpc) is 2.78. The first-order valence-corrected chi connectivity index (χ1v) is 11.5. The zero-order chi connectivity index (χ0) is 22.9. The summed E-state index contributed by atoms with van der Waals surface area (Å²) in [4.78, 5) is 13.2. The number of carbonyl (C=O) groups is 1. The maximum absolute atomic E-state index is 13.5. The second-order valence-electron chi connectivity index (χ2n) is 7.65. The molecule has 1 aliphatic rings. The van der Waals surface area contributed by atoms with Gasteiger partial charge in [-0.25, -0.2) is 8.42 Å². The van der Waals surface area contributed by atoms with E-state index < -0.39 is 22.0 Å². The number of nitrogens with one attached hydrogen (secondary N) is 1. The van der Waals surface area contributed by atoms with E-state index in [1.807, 2.05) is 19.9 Å². The third kappa shape index (κ3) is 4.27. The number of amides is 1. The predicted molar refractivity (Wildman–Crippen MR) is 123 cm³/mol. The zero-order valence-electron chi connectivity index (χ0n) is 18.0. The van der Waals surface area contributed by atoms with E-state index in [1.165, 1.54) is 11.4 Å². The summed E-state index contributed by atoms with van der Waals surface area (Å²) in [5, 5.41) is 2.78. The number of rotatable bonds is 5. The van der Waals surface area contributed by atoms with Crippen LogP contribution < -0.4 is 19.1 Å². The molecule has 0 aliphatic carbocycles. The van der Waals surface area contributed by atoms with Gasteiger partial charge in [-0.05, 0) is 55.8 Å². The van der Waals surface area contributed by atoms with Crippen molar-refractivity contribution in [1.29, 1.82) is 0 Å². The summed E-state index contributed by atoms with van der Waals surface area (Å²) in [7, 11) is -2.37. The lowest BCUT2D eigenvalue weighted by atomic mass is 10.1. The highest BCUT2D eigenvalue weighted by Gasteiger charge is 2.37. The molecule has 0 radical (unpaired) electrons. The van der Waals surface area contributed by atoms with E-state index in [0.717, 1.165) is 11.1 Å². The first kappa shape index (κ1) is 21.7. The Balaban J connectivity index is 1.68. The minimum Gasteiger partial charge on any atom is -0.497 e. The number of sulfonamides is 1. The monoisotopic (exact) mass is 452 g/mol. The fourth-order valence-corrected chi connectivity index (χ4v) is 4.95. The fourth-order valence-electron chi connectivity index (χ4n) is 3.49. The molecule has 1 aliphatic heterocycles. The SMILES string of the molecule is COc1cccc(NC(=O)C2CN(S(=O)(=O)c3ccc(C)cc3)c3cc(C)ccc3O2)c1. The van der Waals surface area contributed by atoms with Crippen LogP contribution in [0.2, 0.25) is 0 Å². The van der Waals surface area contributed by atoms with Crippen LogP contribution in [0.15, 0.2) is 71.6 Å². The maximum atomic E-state index is 13.5. The molecule has 0 fully saturated rings. The molecule has 0 saturated carbocycles. The Morgan fingerprint density at radius 2 is 1.75 bits per heavy atom. The van der Waals surface area contributed by atoms with Crippen molar-refractivity contribution >= 4 is 27.3 Å². The highest BCUT2D eigenvalue weighted by molar-refractivity contribution is 7.92. The van der Waals surface area contributed by atoms with Gasteiger partial charge in [0.2, 0.25) is 0 Å². The summed E-state index contributed by atoms with van der Waals surface area (Å²) in [6.07, 6.45) is -1.03. The first-order valence-electron chi connectivity index (χ1n) is 10.1. The van der Waals surface area contributed by atoms with Gasteiger partial charge in [0.25, 0.3) is 15.9 Å². The van der Waals surface area contributed by atoms with Crippen molar-refractivity contribution < 1.29 is 22.7 Å². The third-order valence-corrected chi connectivity index (χ3v) is 7.02. The molecule has 3 aromatic carbocycles. The van der Waals surface area contributed by atoms with Gasteiger partial charge in [0.1, 0.15) is 11.5 Å². The summed E-state index contributed by atoms with van der Waals surface area (Å²) in [6, 6.07) is 18.8. The van der Waals surface area contributed by atoms with Crippen molar-refractivity contribution in [1.82, 2.24) is 0 Å². The normalized spacial score (nSPS) is 15.5. The lowest BCUT2D eigenvalue weighted by Gasteiger charge is -2.35. The van der Waals surface area contributed by atoms with Gasteiger partial charge in [-0.1, -0.05) is 29.8 Å². The molecular weight excluding hydrogens is 428 g/mol. The summed E-state index contributed by atoms with van der Waals surface area (Å²) in [5.74, 6) is 0.480. The number of aryl methyl sites for hydroxylation is 2. The lowest BCUT2D eigenvalue weighted by molar-refractivity contribution is -0.122. The maximum Gasteiger partial charge on any atom is 0.267 e. The van der Waals surface area contributed by atoms with E-state index in [4.69, 9.17) is 9.47 Å². The van der Waals surface area contributed by atoms with Crippen molar-refractivity contribution in [2.45, 2.75) is 24.8 Å². The van der Waals surface area contributed by atoms with E-state index in [1.54, 1.807) is 60.7 Å². The minimum atomic E-state index is -3.91. The van der Waals surface area contributed by atoms with Gasteiger partial charge in [-0.2, -0.15) is 0 Å². The van der Waals surface area contributed by atoms with Crippen LogP contribution in [0.3, 0.4) is 0 Å². The molecule has 0 bridgehead atoms. The Morgan fingerprint density at radius 1 is 1.03 bits per heavy atom. The Kier molecular flexibility index (Phi) is 5.80. The van der Waals surface area contributed by atoms with Gasteiger partial charge in [0.05, 0.1) is 24.2 Å². The predicted octanol–water partition coefficient (Wildman–Crippen LogP) is 3.91. The van der Waals surface area contributed by atoms with Crippen molar-refractivity contribution in [2.24, 2.45) is 0 Å². The molecular formula is C24H24N2O5S. The number of ether oxygens (including phenoxy) is 2. The molecule has 4 rings (SSSR count). The number of nitrogens with zero attached hydrogens (tertiary/aromatic N) is 1. The Labute approximate surface area is 187 Å². The largest absolute Gasteiger partial charge is 0.497 e. The Hall–Kier alpha value is -3.52. The van der Waals surface area contributed by atoms with Crippen LogP contribution in [0.5, 0.6) is 11.5 Å². The molecule has 1 unspecified atom stereocenters. The van der Waals surface area contributed by atoms with Crippen LogP contribution in [0.1, 0.15) is 11.1 Å². The highest BCUT2D eigenvalue weighted by atomic mass is 32.2. The van der Waals surface area contributed by atoms with Crippen LogP contribution >= 0.6 is 0 Å². The van der Waals surface area contributed by atoms with E-state index >= 15 is 0 Å². The van der Waals surface area contributed by atoms with E-state index in [2.05, 4.69) is 5.32 Å². The van der Waals surface area contributed by atoms with Crippen LogP contribution in [0, 0.1) is 13.8 Å². The molecule has 32 heavy (non-hydrogen) atoms. The van der Waals surface area contributed by atoms with Crippen LogP contribution in [0.4, 0.5) is 11.4 Å². The smallest absolute Gasteiger partial charge is 0.267 e. The number of carbonyl (C=O) groups excluding carboxylic acids is 1. The number of fused-ring (bicyclic) bond motifs is 1. The molecule has 8 heteroatoms. The van der Waals surface area contributed by atoms with Gasteiger partial charge in [-0.15, -0.1) is 0 Å². The molecule has 166 valence electrons. The molecule has 0 aromatic heterocycles. The fraction of sp³-hybridized carbons (Fsp3) is 0.208. The summed E-state index contributed by atoms with van der Waals surface area (Å²) >= 11 is 0. The molecule has 0 saturated heterocycles. The quantitative estimate of drug-likeness (QED) is 0.635. The van der Waals surface area contributed by atoms with Crippen molar-refractivity contribution in [3.8, 4) is 11.5 Å². The standard InChI is InChI=1S/C24H24N2O5S/c1-16-7-10-20(11-8-16)32(28,29)26-15-23(31-22-12-9-17(2)13-21(22)26)24(27)25-18-5-4-6-19(14-18)30-3/h4-14,23H,15H2,1-3H3,(H,25,27). The highest BCUT2D eigenvalue weighted by Crippen LogP contribution is 2.38. The first-order chi connectivity index (χ1) is 15.3. The Morgan fingerprint density at radius 3 is 2.47 bits per heavy atom. The molecule has 1 amide bonds. The molecule has 0 spiro atoms. The third-order valence-electron chi connectivity index (χ3n) is 5.22. The second-order valence-corrected chi connectivity index (χ2v) is 9.51. The van der Waals surface area contributed by atoms with Crippen LogP contribution in [-0.4, -0.2) is 34.1 Å². The van der Waals surface area contributed by atoms with Crippen molar-refractivity contribution in [3.63, 3.8) is 0 Å². The number of methoxy groups -OCH3 is 1. The number of hydrogen-bond donors (Lipinski definition) is 1. The zero-order valence-corrected chi connectivity index (χ0v) is 18.8. The van der Waals surface area contributed by atoms with Crippen molar-refractivity contribution in [2.75, 3.05) is 23.3 Å². The van der Waals surface area contributed by atoms with Crippen LogP contribution in [0.25, 0.3) is 0 Å². The molecule has 1 atom stereocenters. The summed E-state index contributed by atoms with van der Waals surface area (Å²) in [5.41, 5.74) is 2.78. The summed E-state index contributed by atoms with van der Waals surface area (Å²) in [6.45, 7) is 3.61. The van der Waals surface area contributed by atoms with Gasteiger partial charge in [0, 0.05) is 11.8 Å². The van der Waals surface area contributed by atoms with E-state index in [9.17, 15) is 13.2 Å². The summed E-state index contributed by atoms with van der Waals surface area (Å²) < 4.78 is 39.4. The molecule has 3 aromatic rings. The molecule has 7 nitrogen and oxygen atoms in total. The van der Waals surface area contributed by atoms with E-state index in [-0.39, 0.29) is 11.4 Å². The van der Waals surface area contributed by atoms with Crippen molar-refractivity contribution in [3.05, 3.63) is 77.9 Å². The Bertz CT molecular complexity index is 1260. The van der Waals surface area contributed by atoms with Crippen LogP contribution in [-0.2, 0) is 14.8 Å².